The van der Waals surface area contributed by atoms with Gasteiger partial charge < -0.3 is 18.9 Å². The molecule has 0 aliphatic carbocycles. The molecule has 0 bridgehead atoms. The molecular formula is C32H37N3O3. The molecule has 0 spiro atoms. The van der Waals surface area contributed by atoms with Crippen LogP contribution in [0.1, 0.15) is 63.3 Å². The lowest BCUT2D eigenvalue weighted by molar-refractivity contribution is -0.117. The molecule has 4 aromatic rings. The molecule has 6 heteroatoms. The van der Waals surface area contributed by atoms with Gasteiger partial charge in [-0.3, -0.25) is 4.79 Å². The maximum absolute atomic E-state index is 13.0. The number of carbonyl (C=O) groups excluding carboxylic acids is 1. The van der Waals surface area contributed by atoms with E-state index in [4.69, 9.17) is 14.5 Å². The quantitative estimate of drug-likeness (QED) is 0.205. The number of anilines is 1. The summed E-state index contributed by atoms with van der Waals surface area (Å²) in [6.07, 6.45) is 2.38. The fraction of sp³-hybridized carbons (Fsp3) is 0.375. The molecule has 5 rings (SSSR count). The number of unbranched alkanes of at least 4 members (excludes halogenated alkanes) is 1. The number of rotatable bonds is 11. The molecule has 1 atom stereocenters. The number of para-hydroxylation sites is 2. The fourth-order valence-electron chi connectivity index (χ4n) is 5.17. The lowest BCUT2D eigenvalue weighted by atomic mass is 10.0. The average Bonchev–Trinajstić information content (AvgIpc) is 3.50. The van der Waals surface area contributed by atoms with Crippen LogP contribution in [0.5, 0.6) is 11.5 Å². The highest BCUT2D eigenvalue weighted by atomic mass is 16.5. The molecule has 6 nitrogen and oxygen atoms in total. The Balaban J connectivity index is 1.24. The Labute approximate surface area is 225 Å². The second kappa shape index (κ2) is 11.7. The first-order chi connectivity index (χ1) is 18.5. The minimum absolute atomic E-state index is 0.0530. The van der Waals surface area contributed by atoms with Crippen LogP contribution in [0.3, 0.4) is 0 Å². The van der Waals surface area contributed by atoms with Gasteiger partial charge >= 0.3 is 0 Å². The van der Waals surface area contributed by atoms with Crippen LogP contribution in [0.4, 0.5) is 5.69 Å². The molecule has 1 amide bonds. The summed E-state index contributed by atoms with van der Waals surface area (Å²) in [5.74, 6) is 3.44. The smallest absolute Gasteiger partial charge is 0.227 e. The van der Waals surface area contributed by atoms with Gasteiger partial charge in [-0.25, -0.2) is 4.98 Å². The molecule has 1 aliphatic heterocycles. The summed E-state index contributed by atoms with van der Waals surface area (Å²) in [4.78, 5) is 19.9. The summed E-state index contributed by atoms with van der Waals surface area (Å²) >= 11 is 0. The van der Waals surface area contributed by atoms with Crippen molar-refractivity contribution in [3.05, 3.63) is 84.2 Å². The molecular weight excluding hydrogens is 474 g/mol. The van der Waals surface area contributed by atoms with Crippen LogP contribution in [-0.4, -0.2) is 35.2 Å². The lowest BCUT2D eigenvalue weighted by Gasteiger charge is -2.18. The van der Waals surface area contributed by atoms with Gasteiger partial charge in [0, 0.05) is 31.1 Å². The second-order valence-corrected chi connectivity index (χ2v) is 10.2. The predicted molar refractivity (Wildman–Crippen MR) is 152 cm³/mol. The number of hydrogen-bond acceptors (Lipinski definition) is 4. The van der Waals surface area contributed by atoms with Gasteiger partial charge in [0.2, 0.25) is 5.91 Å². The second-order valence-electron chi connectivity index (χ2n) is 10.2. The summed E-state index contributed by atoms with van der Waals surface area (Å²) in [6, 6.07) is 24.4. The first-order valence-electron chi connectivity index (χ1n) is 13.7. The number of benzene rings is 3. The number of fused-ring (bicyclic) bond motifs is 1. The lowest BCUT2D eigenvalue weighted by Crippen LogP contribution is -2.24. The highest BCUT2D eigenvalue weighted by Crippen LogP contribution is 2.34. The van der Waals surface area contributed by atoms with E-state index in [0.717, 1.165) is 53.4 Å². The molecule has 3 aromatic carbocycles. The van der Waals surface area contributed by atoms with Gasteiger partial charge in [-0.1, -0.05) is 38.1 Å². The van der Waals surface area contributed by atoms with Crippen LogP contribution in [0.15, 0.2) is 72.8 Å². The summed E-state index contributed by atoms with van der Waals surface area (Å²) in [7, 11) is 0. The van der Waals surface area contributed by atoms with Crippen molar-refractivity contribution in [1.29, 1.82) is 0 Å². The SMILES string of the molecule is CCOc1ccc(N2CC(c3nc4ccccc4n3CCCCOc3ccc(C(C)C)cc3)CC2=O)cc1. The molecule has 2 heterocycles. The van der Waals surface area contributed by atoms with E-state index in [0.29, 0.717) is 32.1 Å². The van der Waals surface area contributed by atoms with Crippen molar-refractivity contribution in [3.8, 4) is 11.5 Å². The third-order valence-corrected chi connectivity index (χ3v) is 7.23. The van der Waals surface area contributed by atoms with E-state index < -0.39 is 0 Å². The van der Waals surface area contributed by atoms with E-state index in [-0.39, 0.29) is 11.8 Å². The number of amides is 1. The van der Waals surface area contributed by atoms with E-state index in [1.165, 1.54) is 5.56 Å². The maximum atomic E-state index is 13.0. The minimum atomic E-state index is 0.0530. The predicted octanol–water partition coefficient (Wildman–Crippen LogP) is 6.94. The van der Waals surface area contributed by atoms with Crippen LogP contribution in [-0.2, 0) is 11.3 Å². The highest BCUT2D eigenvalue weighted by molar-refractivity contribution is 5.96. The van der Waals surface area contributed by atoms with E-state index in [1.54, 1.807) is 0 Å². The maximum Gasteiger partial charge on any atom is 0.227 e. The van der Waals surface area contributed by atoms with Crippen molar-refractivity contribution >= 4 is 22.6 Å². The van der Waals surface area contributed by atoms with Crippen LogP contribution < -0.4 is 14.4 Å². The Bertz CT molecular complexity index is 1360. The van der Waals surface area contributed by atoms with Crippen molar-refractivity contribution in [2.75, 3.05) is 24.7 Å². The van der Waals surface area contributed by atoms with E-state index in [9.17, 15) is 4.79 Å². The number of aromatic nitrogens is 2. The third-order valence-electron chi connectivity index (χ3n) is 7.23. The monoisotopic (exact) mass is 511 g/mol. The number of ether oxygens (including phenoxy) is 2. The molecule has 1 saturated heterocycles. The number of hydrogen-bond donors (Lipinski definition) is 0. The van der Waals surface area contributed by atoms with Gasteiger partial charge in [-0.05, 0) is 79.8 Å². The highest BCUT2D eigenvalue weighted by Gasteiger charge is 2.34. The van der Waals surface area contributed by atoms with E-state index >= 15 is 0 Å². The standard InChI is InChI=1S/C32H37N3O3/c1-4-37-27-17-13-26(14-18-27)35-22-25(21-31(35)36)32-33-29-9-5-6-10-30(29)34(32)19-7-8-20-38-28-15-11-24(12-16-28)23(2)3/h5-6,9-18,23,25H,4,7-8,19-22H2,1-3H3. The molecule has 198 valence electrons. The zero-order chi connectivity index (χ0) is 26.5. The zero-order valence-corrected chi connectivity index (χ0v) is 22.6. The van der Waals surface area contributed by atoms with Crippen molar-refractivity contribution in [1.82, 2.24) is 9.55 Å². The molecule has 38 heavy (non-hydrogen) atoms. The van der Waals surface area contributed by atoms with Gasteiger partial charge in [0.25, 0.3) is 0 Å². The van der Waals surface area contributed by atoms with Gasteiger partial charge in [-0.2, -0.15) is 0 Å². The average molecular weight is 512 g/mol. The summed E-state index contributed by atoms with van der Waals surface area (Å²) in [5.41, 5.74) is 4.33. The van der Waals surface area contributed by atoms with Gasteiger partial charge in [0.05, 0.1) is 24.2 Å². The van der Waals surface area contributed by atoms with Crippen LogP contribution in [0.25, 0.3) is 11.0 Å². The minimum Gasteiger partial charge on any atom is -0.494 e. The summed E-state index contributed by atoms with van der Waals surface area (Å²) in [6.45, 7) is 9.14. The summed E-state index contributed by atoms with van der Waals surface area (Å²) < 4.78 is 13.9. The Morgan fingerprint density at radius 3 is 2.37 bits per heavy atom. The van der Waals surface area contributed by atoms with Gasteiger partial charge in [-0.15, -0.1) is 0 Å². The topological polar surface area (TPSA) is 56.6 Å². The van der Waals surface area contributed by atoms with Crippen molar-refractivity contribution < 1.29 is 14.3 Å². The van der Waals surface area contributed by atoms with Crippen molar-refractivity contribution in [3.63, 3.8) is 0 Å². The fourth-order valence-corrected chi connectivity index (χ4v) is 5.17. The molecule has 1 fully saturated rings. The van der Waals surface area contributed by atoms with E-state index in [1.807, 2.05) is 42.2 Å². The number of carbonyl (C=O) groups is 1. The third kappa shape index (κ3) is 5.69. The number of imidazole rings is 1. The Morgan fingerprint density at radius 2 is 1.63 bits per heavy atom. The normalized spacial score (nSPS) is 15.5. The molecule has 0 radical (unpaired) electrons. The van der Waals surface area contributed by atoms with Crippen LogP contribution >= 0.6 is 0 Å². The van der Waals surface area contributed by atoms with Gasteiger partial charge in [0.15, 0.2) is 0 Å². The Hall–Kier alpha value is -3.80. The van der Waals surface area contributed by atoms with Gasteiger partial charge in [0.1, 0.15) is 17.3 Å². The van der Waals surface area contributed by atoms with E-state index in [2.05, 4.69) is 60.9 Å². The first kappa shape index (κ1) is 25.8. The molecule has 0 N–H and O–H groups in total. The Morgan fingerprint density at radius 1 is 0.921 bits per heavy atom. The number of nitrogens with zero attached hydrogens (tertiary/aromatic N) is 3. The van der Waals surface area contributed by atoms with Crippen LogP contribution in [0, 0.1) is 0 Å². The number of aryl methyl sites for hydroxylation is 1. The largest absolute Gasteiger partial charge is 0.494 e. The Kier molecular flexibility index (Phi) is 7.97. The van der Waals surface area contributed by atoms with Crippen LogP contribution in [0.2, 0.25) is 0 Å². The van der Waals surface area contributed by atoms with Crippen molar-refractivity contribution in [2.45, 2.75) is 58.4 Å². The molecule has 1 aromatic heterocycles. The first-order valence-corrected chi connectivity index (χ1v) is 13.7. The zero-order valence-electron chi connectivity index (χ0n) is 22.6. The molecule has 1 unspecified atom stereocenters. The molecule has 0 saturated carbocycles. The van der Waals surface area contributed by atoms with Crippen molar-refractivity contribution in [2.24, 2.45) is 0 Å². The molecule has 1 aliphatic rings. The summed E-state index contributed by atoms with van der Waals surface area (Å²) in [5, 5.41) is 0.